The molecule has 0 aliphatic heterocycles. The molecule has 2 aromatic carbocycles. The lowest BCUT2D eigenvalue weighted by molar-refractivity contribution is 0.184. The fourth-order valence-electron chi connectivity index (χ4n) is 2.51. The summed E-state index contributed by atoms with van der Waals surface area (Å²) in [6.07, 6.45) is 0. The maximum Gasteiger partial charge on any atom is 0.193 e. The Bertz CT molecular complexity index is 659. The van der Waals surface area contributed by atoms with Crippen LogP contribution in [-0.2, 0) is 17.9 Å². The Hall–Kier alpha value is -2.53. The van der Waals surface area contributed by atoms with Crippen molar-refractivity contribution in [1.82, 2.24) is 10.2 Å². The molecule has 134 valence electrons. The molecule has 0 radical (unpaired) electrons. The van der Waals surface area contributed by atoms with Crippen molar-refractivity contribution in [1.29, 1.82) is 0 Å². The molecule has 0 aromatic heterocycles. The maximum atomic E-state index is 5.74. The lowest BCUT2D eigenvalue weighted by Crippen LogP contribution is -2.40. The van der Waals surface area contributed by atoms with Crippen molar-refractivity contribution in [2.45, 2.75) is 13.2 Å². The second-order valence-corrected chi connectivity index (χ2v) is 5.69. The topological polar surface area (TPSA) is 46.1 Å². The summed E-state index contributed by atoms with van der Waals surface area (Å²) in [5, 5.41) is 3.40. The highest BCUT2D eigenvalue weighted by Crippen LogP contribution is 2.10. The third kappa shape index (κ3) is 6.12. The van der Waals surface area contributed by atoms with Crippen molar-refractivity contribution < 1.29 is 9.47 Å². The zero-order chi connectivity index (χ0) is 17.9. The summed E-state index contributed by atoms with van der Waals surface area (Å²) in [5.41, 5.74) is 2.39. The Morgan fingerprint density at radius 2 is 1.72 bits per heavy atom. The molecular weight excluding hydrogens is 314 g/mol. The van der Waals surface area contributed by atoms with Crippen molar-refractivity contribution in [2.75, 3.05) is 34.4 Å². The number of methoxy groups -OCH3 is 1. The van der Waals surface area contributed by atoms with E-state index in [0.29, 0.717) is 19.8 Å². The molecule has 2 aromatic rings. The molecule has 1 N–H and O–H groups in total. The van der Waals surface area contributed by atoms with Gasteiger partial charge in [0.25, 0.3) is 0 Å². The predicted octanol–water partition coefficient (Wildman–Crippen LogP) is 2.92. The van der Waals surface area contributed by atoms with E-state index in [9.17, 15) is 0 Å². The first kappa shape index (κ1) is 18.8. The molecule has 0 heterocycles. The van der Waals surface area contributed by atoms with Crippen LogP contribution in [0.5, 0.6) is 5.75 Å². The van der Waals surface area contributed by atoms with Crippen LogP contribution in [0.4, 0.5) is 0 Å². The monoisotopic (exact) mass is 341 g/mol. The van der Waals surface area contributed by atoms with E-state index in [-0.39, 0.29) is 0 Å². The third-order valence-corrected chi connectivity index (χ3v) is 3.87. The Morgan fingerprint density at radius 3 is 2.40 bits per heavy atom. The van der Waals surface area contributed by atoms with Crippen molar-refractivity contribution in [2.24, 2.45) is 4.99 Å². The van der Waals surface area contributed by atoms with Gasteiger partial charge in [-0.15, -0.1) is 0 Å². The number of rotatable bonds is 8. The Kier molecular flexibility index (Phi) is 7.79. The zero-order valence-corrected chi connectivity index (χ0v) is 15.2. The molecule has 5 nitrogen and oxygen atoms in total. The molecule has 0 aliphatic carbocycles. The van der Waals surface area contributed by atoms with Gasteiger partial charge in [0.15, 0.2) is 5.96 Å². The number of hydrogen-bond acceptors (Lipinski definition) is 3. The summed E-state index contributed by atoms with van der Waals surface area (Å²) in [6.45, 7) is 2.66. The van der Waals surface area contributed by atoms with Crippen molar-refractivity contribution in [3.8, 4) is 5.75 Å². The largest absolute Gasteiger partial charge is 0.492 e. The number of hydrogen-bond donors (Lipinski definition) is 1. The lowest BCUT2D eigenvalue weighted by atomic mass is 10.1. The van der Waals surface area contributed by atoms with Gasteiger partial charge in [0, 0.05) is 27.7 Å². The minimum atomic E-state index is 0.599. The normalized spacial score (nSPS) is 11.2. The number of guanidine groups is 1. The summed E-state index contributed by atoms with van der Waals surface area (Å²) >= 11 is 0. The molecule has 0 spiro atoms. The van der Waals surface area contributed by atoms with Gasteiger partial charge in [-0.05, 0) is 23.3 Å². The molecule has 0 fully saturated rings. The smallest absolute Gasteiger partial charge is 0.193 e. The van der Waals surface area contributed by atoms with Crippen LogP contribution in [0.15, 0.2) is 59.6 Å². The number of aliphatic imine (C=N–C) groups is 1. The van der Waals surface area contributed by atoms with Gasteiger partial charge in [0.1, 0.15) is 12.4 Å². The second kappa shape index (κ2) is 10.4. The van der Waals surface area contributed by atoms with Gasteiger partial charge in [-0.1, -0.05) is 42.5 Å². The van der Waals surface area contributed by atoms with Crippen LogP contribution in [0.3, 0.4) is 0 Å². The first-order valence-corrected chi connectivity index (χ1v) is 8.40. The summed E-state index contributed by atoms with van der Waals surface area (Å²) < 4.78 is 11.0. The van der Waals surface area contributed by atoms with E-state index in [4.69, 9.17) is 9.47 Å². The summed E-state index contributed by atoms with van der Waals surface area (Å²) in [5.74, 6) is 1.72. The third-order valence-electron chi connectivity index (χ3n) is 3.87. The molecule has 0 amide bonds. The van der Waals surface area contributed by atoms with Crippen LogP contribution in [0, 0.1) is 0 Å². The highest BCUT2D eigenvalue weighted by molar-refractivity contribution is 5.79. The highest BCUT2D eigenvalue weighted by Gasteiger charge is 2.07. The number of para-hydroxylation sites is 1. The van der Waals surface area contributed by atoms with Gasteiger partial charge in [-0.2, -0.15) is 0 Å². The zero-order valence-electron chi connectivity index (χ0n) is 15.2. The lowest BCUT2D eigenvalue weighted by Gasteiger charge is -2.22. The van der Waals surface area contributed by atoms with Crippen LogP contribution < -0.4 is 10.1 Å². The Morgan fingerprint density at radius 1 is 1.04 bits per heavy atom. The van der Waals surface area contributed by atoms with Gasteiger partial charge < -0.3 is 19.7 Å². The van der Waals surface area contributed by atoms with Crippen molar-refractivity contribution >= 4 is 5.96 Å². The summed E-state index contributed by atoms with van der Waals surface area (Å²) in [6, 6.07) is 18.1. The van der Waals surface area contributed by atoms with Crippen LogP contribution in [0.2, 0.25) is 0 Å². The molecule has 0 saturated heterocycles. The Balaban J connectivity index is 1.83. The number of benzene rings is 2. The van der Waals surface area contributed by atoms with Crippen LogP contribution in [-0.4, -0.2) is 45.2 Å². The minimum absolute atomic E-state index is 0.599. The van der Waals surface area contributed by atoms with E-state index < -0.39 is 0 Å². The first-order valence-electron chi connectivity index (χ1n) is 8.40. The summed E-state index contributed by atoms with van der Waals surface area (Å²) in [4.78, 5) is 6.41. The first-order chi connectivity index (χ1) is 12.2. The fourth-order valence-corrected chi connectivity index (χ4v) is 2.51. The van der Waals surface area contributed by atoms with Crippen molar-refractivity contribution in [3.63, 3.8) is 0 Å². The molecule has 0 atom stereocenters. The molecule has 0 saturated carbocycles. The van der Waals surface area contributed by atoms with Gasteiger partial charge in [-0.3, -0.25) is 4.99 Å². The fraction of sp³-hybridized carbons (Fsp3) is 0.350. The average Bonchev–Trinajstić information content (AvgIpc) is 2.64. The molecule has 0 aliphatic rings. The van der Waals surface area contributed by atoms with Gasteiger partial charge in [0.2, 0.25) is 0 Å². The molecule has 0 bridgehead atoms. The van der Waals surface area contributed by atoms with Crippen molar-refractivity contribution in [3.05, 3.63) is 65.7 Å². The van der Waals surface area contributed by atoms with E-state index in [1.807, 2.05) is 49.5 Å². The number of nitrogens with one attached hydrogen (secondary N) is 1. The number of ether oxygens (including phenoxy) is 2. The van der Waals surface area contributed by atoms with Crippen LogP contribution in [0.1, 0.15) is 11.1 Å². The standard InChI is InChI=1S/C20H27N3O2/c1-21-20(22-15-17-9-7-8-10-18(17)16-24-3)23(2)13-14-25-19-11-5-4-6-12-19/h4-12H,13-16H2,1-3H3,(H,21,22). The molecular formula is C20H27N3O2. The number of likely N-dealkylation sites (N-methyl/N-ethyl adjacent to an activating group) is 1. The van der Waals surface area contributed by atoms with E-state index in [0.717, 1.165) is 18.3 Å². The SMILES string of the molecule is CN=C(NCc1ccccc1COC)N(C)CCOc1ccccc1. The highest BCUT2D eigenvalue weighted by atomic mass is 16.5. The number of nitrogens with zero attached hydrogens (tertiary/aromatic N) is 2. The molecule has 0 unspecified atom stereocenters. The maximum absolute atomic E-state index is 5.74. The second-order valence-electron chi connectivity index (χ2n) is 5.69. The molecule has 5 heteroatoms. The van der Waals surface area contributed by atoms with E-state index >= 15 is 0 Å². The van der Waals surface area contributed by atoms with Gasteiger partial charge in [0.05, 0.1) is 13.2 Å². The summed E-state index contributed by atoms with van der Waals surface area (Å²) in [7, 11) is 5.51. The van der Waals surface area contributed by atoms with Crippen LogP contribution >= 0.6 is 0 Å². The van der Waals surface area contributed by atoms with Gasteiger partial charge in [-0.25, -0.2) is 0 Å². The quantitative estimate of drug-likeness (QED) is 0.592. The van der Waals surface area contributed by atoms with Crippen LogP contribution in [0.25, 0.3) is 0 Å². The average molecular weight is 341 g/mol. The van der Waals surface area contributed by atoms with E-state index in [1.54, 1.807) is 14.2 Å². The van der Waals surface area contributed by atoms with E-state index in [1.165, 1.54) is 11.1 Å². The van der Waals surface area contributed by atoms with E-state index in [2.05, 4.69) is 27.3 Å². The molecule has 2 rings (SSSR count). The van der Waals surface area contributed by atoms with Gasteiger partial charge >= 0.3 is 0 Å². The minimum Gasteiger partial charge on any atom is -0.492 e. The molecule has 25 heavy (non-hydrogen) atoms. The Labute approximate surface area is 150 Å². The predicted molar refractivity (Wildman–Crippen MR) is 102 cm³/mol.